The maximum Gasteiger partial charge on any atom is 0.271 e. The quantitative estimate of drug-likeness (QED) is 0.245. The molecule has 0 saturated carbocycles. The minimum Gasteiger partial charge on any atom is -0.323 e. The Morgan fingerprint density at radius 1 is 1.12 bits per heavy atom. The third-order valence-corrected chi connectivity index (χ3v) is 5.56. The molecule has 11 heteroatoms. The predicted octanol–water partition coefficient (Wildman–Crippen LogP) is 4.42. The molecule has 0 bridgehead atoms. The summed E-state index contributed by atoms with van der Waals surface area (Å²) in [5, 5.41) is 22.3. The second kappa shape index (κ2) is 9.57. The molecular weight excluding hydrogens is 447 g/mol. The Bertz CT molecular complexity index is 1310. The maximum absolute atomic E-state index is 14.0. The molecule has 0 radical (unpaired) electrons. The van der Waals surface area contributed by atoms with Gasteiger partial charge in [0.25, 0.3) is 5.69 Å². The molecule has 0 aliphatic heterocycles. The number of nitro groups is 1. The molecule has 0 fully saturated rings. The van der Waals surface area contributed by atoms with Crippen LogP contribution in [0.25, 0.3) is 17.1 Å². The first-order valence-electron chi connectivity index (χ1n) is 9.72. The number of non-ortho nitro benzene ring substituents is 1. The Morgan fingerprint density at radius 3 is 2.55 bits per heavy atom. The zero-order valence-electron chi connectivity index (χ0n) is 17.3. The zero-order chi connectivity index (χ0) is 23.4. The molecule has 0 spiro atoms. The number of nitro benzene ring substituents is 1. The lowest BCUT2D eigenvalue weighted by Crippen LogP contribution is -2.15. The van der Waals surface area contributed by atoms with Crippen LogP contribution >= 0.6 is 11.8 Å². The van der Waals surface area contributed by atoms with Crippen molar-refractivity contribution < 1.29 is 14.1 Å². The molecule has 4 aromatic rings. The number of nitrogens with one attached hydrogen (secondary N) is 1. The molecule has 0 aliphatic carbocycles. The lowest BCUT2D eigenvalue weighted by Gasteiger charge is -2.11. The number of hydrogen-bond acceptors (Lipinski definition) is 7. The van der Waals surface area contributed by atoms with Gasteiger partial charge in [0, 0.05) is 35.8 Å². The zero-order valence-corrected chi connectivity index (χ0v) is 18.1. The fourth-order valence-corrected chi connectivity index (χ4v) is 3.77. The van der Waals surface area contributed by atoms with Gasteiger partial charge >= 0.3 is 0 Å². The van der Waals surface area contributed by atoms with E-state index >= 15 is 0 Å². The van der Waals surface area contributed by atoms with Crippen molar-refractivity contribution in [2.45, 2.75) is 12.1 Å². The number of hydrogen-bond donors (Lipinski definition) is 1. The summed E-state index contributed by atoms with van der Waals surface area (Å²) in [6.45, 7) is 1.98. The highest BCUT2D eigenvalue weighted by Crippen LogP contribution is 2.28. The molecule has 0 atom stereocenters. The molecule has 1 amide bonds. The van der Waals surface area contributed by atoms with E-state index in [9.17, 15) is 19.3 Å². The van der Waals surface area contributed by atoms with E-state index in [0.717, 1.165) is 46.8 Å². The molecule has 0 unspecified atom stereocenters. The molecule has 2 aromatic heterocycles. The van der Waals surface area contributed by atoms with Gasteiger partial charge in [-0.3, -0.25) is 24.5 Å². The molecule has 166 valence electrons. The summed E-state index contributed by atoms with van der Waals surface area (Å²) in [6.07, 6.45) is 3.30. The summed E-state index contributed by atoms with van der Waals surface area (Å²) in [7, 11) is 0. The third-order valence-electron chi connectivity index (χ3n) is 4.63. The van der Waals surface area contributed by atoms with E-state index in [1.807, 2.05) is 35.8 Å². The van der Waals surface area contributed by atoms with E-state index in [1.54, 1.807) is 24.5 Å². The summed E-state index contributed by atoms with van der Waals surface area (Å²) in [4.78, 5) is 26.7. The number of anilines is 1. The van der Waals surface area contributed by atoms with Gasteiger partial charge in [0.05, 0.1) is 16.4 Å². The Kier molecular flexibility index (Phi) is 6.41. The fraction of sp³-hybridized carbons (Fsp3) is 0.0909. The van der Waals surface area contributed by atoms with Crippen LogP contribution in [0.3, 0.4) is 0 Å². The third kappa shape index (κ3) is 5.04. The summed E-state index contributed by atoms with van der Waals surface area (Å²) < 4.78 is 15.8. The maximum atomic E-state index is 14.0. The Balaban J connectivity index is 1.58. The number of carbonyl (C=O) groups excluding carboxylic acids is 1. The van der Waals surface area contributed by atoms with Crippen molar-refractivity contribution in [2.24, 2.45) is 0 Å². The average Bonchev–Trinajstić information content (AvgIpc) is 3.24. The van der Waals surface area contributed by atoms with Crippen LogP contribution in [0.4, 0.5) is 15.8 Å². The van der Waals surface area contributed by atoms with Crippen LogP contribution in [0, 0.1) is 22.9 Å². The molecule has 4 rings (SSSR count). The second-order valence-electron chi connectivity index (χ2n) is 6.97. The van der Waals surface area contributed by atoms with Crippen LogP contribution in [0.2, 0.25) is 0 Å². The second-order valence-corrected chi connectivity index (χ2v) is 7.91. The van der Waals surface area contributed by atoms with E-state index in [4.69, 9.17) is 0 Å². The Labute approximate surface area is 191 Å². The topological polar surface area (TPSA) is 116 Å². The number of halogens is 1. The van der Waals surface area contributed by atoms with E-state index in [0.29, 0.717) is 11.0 Å². The monoisotopic (exact) mass is 464 g/mol. The van der Waals surface area contributed by atoms with Crippen LogP contribution in [0.15, 0.2) is 72.1 Å². The standard InChI is InChI=1S/C22H17FN6O3S/c1-14-2-4-16(5-3-14)28-21(15-8-10-24-11-9-15)26-27-22(28)33-13-20(30)25-19-12-17(29(31)32)6-7-18(19)23/h2-12H,13H2,1H3,(H,25,30). The summed E-state index contributed by atoms with van der Waals surface area (Å²) >= 11 is 1.11. The fourth-order valence-electron chi connectivity index (χ4n) is 3.02. The molecular formula is C22H17FN6O3S. The number of thioether (sulfide) groups is 1. The van der Waals surface area contributed by atoms with Crippen molar-refractivity contribution in [1.82, 2.24) is 19.7 Å². The molecule has 33 heavy (non-hydrogen) atoms. The van der Waals surface area contributed by atoms with Gasteiger partial charge in [-0.15, -0.1) is 10.2 Å². The van der Waals surface area contributed by atoms with Gasteiger partial charge < -0.3 is 5.32 Å². The highest BCUT2D eigenvalue weighted by atomic mass is 32.2. The van der Waals surface area contributed by atoms with Gasteiger partial charge in [-0.1, -0.05) is 29.5 Å². The first kappa shape index (κ1) is 22.1. The van der Waals surface area contributed by atoms with E-state index in [2.05, 4.69) is 20.5 Å². The number of amides is 1. The number of pyridine rings is 1. The lowest BCUT2D eigenvalue weighted by atomic mass is 10.2. The molecule has 0 saturated heterocycles. The van der Waals surface area contributed by atoms with Gasteiger partial charge in [-0.05, 0) is 37.3 Å². The van der Waals surface area contributed by atoms with Crippen LogP contribution < -0.4 is 5.32 Å². The van der Waals surface area contributed by atoms with Gasteiger partial charge in [0.15, 0.2) is 11.0 Å². The first-order valence-corrected chi connectivity index (χ1v) is 10.7. The van der Waals surface area contributed by atoms with Gasteiger partial charge in [-0.2, -0.15) is 0 Å². The van der Waals surface area contributed by atoms with E-state index in [1.165, 1.54) is 0 Å². The van der Waals surface area contributed by atoms with E-state index < -0.39 is 16.6 Å². The number of aryl methyl sites for hydroxylation is 1. The van der Waals surface area contributed by atoms with Crippen molar-refractivity contribution in [1.29, 1.82) is 0 Å². The van der Waals surface area contributed by atoms with Crippen molar-refractivity contribution in [2.75, 3.05) is 11.1 Å². The molecule has 2 aromatic carbocycles. The molecule has 0 aliphatic rings. The predicted molar refractivity (Wildman–Crippen MR) is 122 cm³/mol. The minimum absolute atomic E-state index is 0.109. The van der Waals surface area contributed by atoms with Gasteiger partial charge in [0.2, 0.25) is 5.91 Å². The van der Waals surface area contributed by atoms with Crippen molar-refractivity contribution in [3.63, 3.8) is 0 Å². The normalized spacial score (nSPS) is 10.7. The van der Waals surface area contributed by atoms with Crippen LogP contribution in [-0.4, -0.2) is 36.3 Å². The number of aromatic nitrogens is 4. The van der Waals surface area contributed by atoms with Gasteiger partial charge in [-0.25, -0.2) is 4.39 Å². The summed E-state index contributed by atoms with van der Waals surface area (Å²) in [5.74, 6) is -0.832. The van der Waals surface area contributed by atoms with Crippen molar-refractivity contribution in [3.8, 4) is 17.1 Å². The smallest absolute Gasteiger partial charge is 0.271 e. The largest absolute Gasteiger partial charge is 0.323 e. The van der Waals surface area contributed by atoms with Crippen molar-refractivity contribution in [3.05, 3.63) is 88.5 Å². The Hall–Kier alpha value is -4.12. The average molecular weight is 464 g/mol. The summed E-state index contributed by atoms with van der Waals surface area (Å²) in [6, 6.07) is 14.3. The number of carbonyl (C=O) groups is 1. The van der Waals surface area contributed by atoms with Crippen LogP contribution in [0.5, 0.6) is 0 Å². The highest BCUT2D eigenvalue weighted by Gasteiger charge is 2.18. The first-order chi connectivity index (χ1) is 15.9. The lowest BCUT2D eigenvalue weighted by molar-refractivity contribution is -0.384. The van der Waals surface area contributed by atoms with Gasteiger partial charge in [0.1, 0.15) is 5.82 Å². The van der Waals surface area contributed by atoms with Crippen LogP contribution in [-0.2, 0) is 4.79 Å². The molecule has 2 heterocycles. The number of benzene rings is 2. The van der Waals surface area contributed by atoms with Crippen molar-refractivity contribution >= 4 is 29.0 Å². The Morgan fingerprint density at radius 2 is 1.85 bits per heavy atom. The number of rotatable bonds is 7. The molecule has 9 nitrogen and oxygen atoms in total. The highest BCUT2D eigenvalue weighted by molar-refractivity contribution is 7.99. The SMILES string of the molecule is Cc1ccc(-n2c(SCC(=O)Nc3cc([N+](=O)[O-])ccc3F)nnc2-c2ccncc2)cc1. The molecule has 1 N–H and O–H groups in total. The number of nitrogens with zero attached hydrogens (tertiary/aromatic N) is 5. The van der Waals surface area contributed by atoms with Crippen LogP contribution in [0.1, 0.15) is 5.56 Å². The van der Waals surface area contributed by atoms with E-state index in [-0.39, 0.29) is 17.1 Å². The minimum atomic E-state index is -0.762. The summed E-state index contributed by atoms with van der Waals surface area (Å²) in [5.41, 5.74) is 2.12.